The molecule has 1 fully saturated rings. The van der Waals surface area contributed by atoms with E-state index in [9.17, 15) is 9.18 Å². The zero-order chi connectivity index (χ0) is 15.7. The number of hydrogen-bond acceptors (Lipinski definition) is 2. The summed E-state index contributed by atoms with van der Waals surface area (Å²) in [5, 5.41) is 2.66. The molecule has 0 saturated heterocycles. The average Bonchev–Trinajstić information content (AvgIpc) is 3.02. The first-order chi connectivity index (χ1) is 10.5. The maximum absolute atomic E-state index is 13.2. The Morgan fingerprint density at radius 2 is 2.14 bits per heavy atom. The number of amides is 1. The summed E-state index contributed by atoms with van der Waals surface area (Å²) in [6.45, 7) is 4.01. The molecule has 1 aromatic carbocycles. The fourth-order valence-electron chi connectivity index (χ4n) is 2.44. The van der Waals surface area contributed by atoms with E-state index in [0.29, 0.717) is 23.3 Å². The molecule has 1 saturated carbocycles. The minimum absolute atomic E-state index is 0.313. The summed E-state index contributed by atoms with van der Waals surface area (Å²) in [6.07, 6.45) is 4.18. The molecule has 0 spiro atoms. The third-order valence-corrected chi connectivity index (χ3v) is 3.98. The molecule has 0 radical (unpaired) electrons. The summed E-state index contributed by atoms with van der Waals surface area (Å²) < 4.78 is 18.9. The molecule has 1 heterocycles. The fourth-order valence-corrected chi connectivity index (χ4v) is 2.44. The van der Waals surface area contributed by atoms with E-state index >= 15 is 0 Å². The lowest BCUT2D eigenvalue weighted by Crippen LogP contribution is -2.09. The minimum Gasteiger partial charge on any atom is -0.461 e. The van der Waals surface area contributed by atoms with E-state index in [1.807, 2.05) is 19.1 Å². The Morgan fingerprint density at radius 3 is 2.86 bits per heavy atom. The number of aryl methyl sites for hydroxylation is 1. The molecule has 1 aliphatic carbocycles. The number of halogens is 1. The van der Waals surface area contributed by atoms with Crippen LogP contribution in [0.2, 0.25) is 0 Å². The van der Waals surface area contributed by atoms with E-state index < -0.39 is 0 Å². The normalized spacial score (nSPS) is 20.3. The molecule has 2 unspecified atom stereocenters. The highest BCUT2D eigenvalue weighted by atomic mass is 19.1. The molecule has 114 valence electrons. The molecule has 2 aromatic rings. The van der Waals surface area contributed by atoms with Gasteiger partial charge in [-0.15, -0.1) is 0 Å². The molecule has 1 aliphatic rings. The van der Waals surface area contributed by atoms with Crippen LogP contribution in [-0.4, -0.2) is 5.91 Å². The molecule has 22 heavy (non-hydrogen) atoms. The Kier molecular flexibility index (Phi) is 3.84. The SMILES string of the molecule is Cc1ccc(F)cc1NC(=O)C=Cc1ccc(C2CC2C)o1. The van der Waals surface area contributed by atoms with Crippen LogP contribution in [0.4, 0.5) is 10.1 Å². The van der Waals surface area contributed by atoms with Crippen LogP contribution in [0.25, 0.3) is 6.08 Å². The van der Waals surface area contributed by atoms with Crippen molar-refractivity contribution in [1.82, 2.24) is 0 Å². The monoisotopic (exact) mass is 299 g/mol. The maximum Gasteiger partial charge on any atom is 0.248 e. The number of rotatable bonds is 4. The first-order valence-electron chi connectivity index (χ1n) is 7.38. The third-order valence-electron chi connectivity index (χ3n) is 3.98. The Bertz CT molecular complexity index is 732. The minimum atomic E-state index is -0.376. The van der Waals surface area contributed by atoms with Crippen LogP contribution in [0, 0.1) is 18.7 Å². The van der Waals surface area contributed by atoms with Gasteiger partial charge in [-0.1, -0.05) is 13.0 Å². The summed E-state index contributed by atoms with van der Waals surface area (Å²) >= 11 is 0. The quantitative estimate of drug-likeness (QED) is 0.844. The Hall–Kier alpha value is -2.36. The van der Waals surface area contributed by atoms with Gasteiger partial charge in [0, 0.05) is 17.7 Å². The number of anilines is 1. The van der Waals surface area contributed by atoms with Gasteiger partial charge in [-0.25, -0.2) is 4.39 Å². The smallest absolute Gasteiger partial charge is 0.248 e. The number of benzene rings is 1. The fraction of sp³-hybridized carbons (Fsp3) is 0.278. The van der Waals surface area contributed by atoms with Crippen molar-refractivity contribution in [2.45, 2.75) is 26.2 Å². The maximum atomic E-state index is 13.2. The van der Waals surface area contributed by atoms with Crippen molar-refractivity contribution in [2.75, 3.05) is 5.32 Å². The predicted octanol–water partition coefficient (Wildman–Crippen LogP) is 4.50. The predicted molar refractivity (Wildman–Crippen MR) is 84.0 cm³/mol. The lowest BCUT2D eigenvalue weighted by Gasteiger charge is -2.05. The van der Waals surface area contributed by atoms with Gasteiger partial charge in [-0.05, 0) is 55.2 Å². The van der Waals surface area contributed by atoms with E-state index in [4.69, 9.17) is 4.42 Å². The van der Waals surface area contributed by atoms with Crippen LogP contribution < -0.4 is 5.32 Å². The average molecular weight is 299 g/mol. The zero-order valence-corrected chi connectivity index (χ0v) is 12.6. The van der Waals surface area contributed by atoms with Gasteiger partial charge >= 0.3 is 0 Å². The van der Waals surface area contributed by atoms with E-state index in [1.54, 1.807) is 12.1 Å². The van der Waals surface area contributed by atoms with E-state index in [1.165, 1.54) is 18.2 Å². The zero-order valence-electron chi connectivity index (χ0n) is 12.6. The lowest BCUT2D eigenvalue weighted by molar-refractivity contribution is -0.111. The lowest BCUT2D eigenvalue weighted by atomic mass is 10.2. The highest BCUT2D eigenvalue weighted by Gasteiger charge is 2.36. The summed E-state index contributed by atoms with van der Waals surface area (Å²) in [6, 6.07) is 8.12. The molecule has 3 nitrogen and oxygen atoms in total. The van der Waals surface area contributed by atoms with Crippen molar-refractivity contribution >= 4 is 17.7 Å². The Labute approximate surface area is 128 Å². The standard InChI is InChI=1S/C18H18FNO2/c1-11-3-4-13(19)10-16(11)20-18(21)8-6-14-5-7-17(22-14)15-9-12(15)2/h3-8,10,12,15H,9H2,1-2H3,(H,20,21). The van der Waals surface area contributed by atoms with Gasteiger partial charge in [-0.3, -0.25) is 4.79 Å². The largest absolute Gasteiger partial charge is 0.461 e. The van der Waals surface area contributed by atoms with Crippen molar-refractivity contribution in [3.8, 4) is 0 Å². The van der Waals surface area contributed by atoms with Gasteiger partial charge in [-0.2, -0.15) is 0 Å². The molecule has 0 bridgehead atoms. The first kappa shape index (κ1) is 14.6. The Morgan fingerprint density at radius 1 is 1.36 bits per heavy atom. The molecular formula is C18H18FNO2. The highest BCUT2D eigenvalue weighted by molar-refractivity contribution is 6.02. The summed E-state index contributed by atoms with van der Waals surface area (Å²) in [5.74, 6) is 2.15. The number of carbonyl (C=O) groups is 1. The van der Waals surface area contributed by atoms with E-state index in [-0.39, 0.29) is 11.7 Å². The van der Waals surface area contributed by atoms with Crippen LogP contribution in [0.3, 0.4) is 0 Å². The van der Waals surface area contributed by atoms with Gasteiger partial charge in [0.1, 0.15) is 17.3 Å². The van der Waals surface area contributed by atoms with Crippen LogP contribution in [0.1, 0.15) is 36.3 Å². The topological polar surface area (TPSA) is 42.2 Å². The second-order valence-electron chi connectivity index (χ2n) is 5.84. The third kappa shape index (κ3) is 3.27. The summed E-state index contributed by atoms with van der Waals surface area (Å²) in [5.41, 5.74) is 1.28. The molecule has 2 atom stereocenters. The van der Waals surface area contributed by atoms with Crippen LogP contribution >= 0.6 is 0 Å². The molecular weight excluding hydrogens is 281 g/mol. The van der Waals surface area contributed by atoms with E-state index in [0.717, 1.165) is 17.7 Å². The number of furan rings is 1. The van der Waals surface area contributed by atoms with Crippen LogP contribution in [0.15, 0.2) is 40.8 Å². The Balaban J connectivity index is 1.63. The number of carbonyl (C=O) groups excluding carboxylic acids is 1. The first-order valence-corrected chi connectivity index (χ1v) is 7.38. The second-order valence-corrected chi connectivity index (χ2v) is 5.84. The molecule has 0 aliphatic heterocycles. The van der Waals surface area contributed by atoms with Crippen LogP contribution in [-0.2, 0) is 4.79 Å². The molecule has 1 N–H and O–H groups in total. The molecule has 3 rings (SSSR count). The van der Waals surface area contributed by atoms with Crippen molar-refractivity contribution in [2.24, 2.45) is 5.92 Å². The van der Waals surface area contributed by atoms with Crippen molar-refractivity contribution in [3.05, 3.63) is 59.3 Å². The van der Waals surface area contributed by atoms with Gasteiger partial charge in [0.05, 0.1) is 0 Å². The van der Waals surface area contributed by atoms with E-state index in [2.05, 4.69) is 12.2 Å². The summed E-state index contributed by atoms with van der Waals surface area (Å²) in [4.78, 5) is 11.9. The van der Waals surface area contributed by atoms with Gasteiger partial charge in [0.25, 0.3) is 0 Å². The number of hydrogen-bond donors (Lipinski definition) is 1. The van der Waals surface area contributed by atoms with Crippen LogP contribution in [0.5, 0.6) is 0 Å². The molecule has 4 heteroatoms. The summed E-state index contributed by atoms with van der Waals surface area (Å²) in [7, 11) is 0. The molecule has 1 amide bonds. The van der Waals surface area contributed by atoms with Gasteiger partial charge in [0.15, 0.2) is 0 Å². The van der Waals surface area contributed by atoms with Gasteiger partial charge < -0.3 is 9.73 Å². The molecule has 1 aromatic heterocycles. The number of nitrogens with one attached hydrogen (secondary N) is 1. The second kappa shape index (κ2) is 5.79. The van der Waals surface area contributed by atoms with Crippen molar-refractivity contribution in [1.29, 1.82) is 0 Å². The van der Waals surface area contributed by atoms with Crippen molar-refractivity contribution in [3.63, 3.8) is 0 Å². The highest BCUT2D eigenvalue weighted by Crippen LogP contribution is 2.47. The van der Waals surface area contributed by atoms with Gasteiger partial charge in [0.2, 0.25) is 5.91 Å². The van der Waals surface area contributed by atoms with Crippen molar-refractivity contribution < 1.29 is 13.6 Å².